The van der Waals surface area contributed by atoms with Crippen molar-refractivity contribution in [2.75, 3.05) is 6.54 Å². The fraction of sp³-hybridized carbons (Fsp3) is 0.500. The van der Waals surface area contributed by atoms with Crippen molar-refractivity contribution in [1.29, 1.82) is 0 Å². The van der Waals surface area contributed by atoms with Crippen LogP contribution in [0.4, 0.5) is 0 Å². The average molecular weight is 303 g/mol. The van der Waals surface area contributed by atoms with Crippen molar-refractivity contribution in [3.8, 4) is 0 Å². The lowest BCUT2D eigenvalue weighted by Gasteiger charge is -2.21. The maximum atomic E-state index is 11.8. The highest BCUT2D eigenvalue weighted by molar-refractivity contribution is 6.33. The van der Waals surface area contributed by atoms with Crippen LogP contribution in [0.25, 0.3) is 0 Å². The molecule has 2 unspecified atom stereocenters. The zero-order chi connectivity index (χ0) is 14.4. The minimum atomic E-state index is -0.281. The Labute approximate surface area is 124 Å². The largest absolute Gasteiger partial charge is 0.355 e. The van der Waals surface area contributed by atoms with Gasteiger partial charge in [-0.05, 0) is 44.0 Å². The Bertz CT molecular complexity index is 437. The predicted octanol–water partition coefficient (Wildman–Crippen LogP) is 3.56. The van der Waals surface area contributed by atoms with E-state index in [2.05, 4.69) is 10.6 Å². The summed E-state index contributed by atoms with van der Waals surface area (Å²) in [7, 11) is 0. The molecule has 0 radical (unpaired) electrons. The summed E-state index contributed by atoms with van der Waals surface area (Å²) in [6.45, 7) is 6.50. The Morgan fingerprint density at radius 3 is 2.63 bits per heavy atom. The molecular weight excluding hydrogens is 283 g/mol. The molecular formula is C14H20Cl2N2O. The summed E-state index contributed by atoms with van der Waals surface area (Å²) in [5.74, 6) is -0.00755. The quantitative estimate of drug-likeness (QED) is 0.843. The van der Waals surface area contributed by atoms with E-state index >= 15 is 0 Å². The van der Waals surface area contributed by atoms with Gasteiger partial charge >= 0.3 is 0 Å². The van der Waals surface area contributed by atoms with Crippen LogP contribution in [0, 0.1) is 0 Å². The van der Waals surface area contributed by atoms with Crippen LogP contribution in [0.1, 0.15) is 38.8 Å². The van der Waals surface area contributed by atoms with Crippen LogP contribution in [0.15, 0.2) is 18.2 Å². The van der Waals surface area contributed by atoms with Crippen LogP contribution in [0.2, 0.25) is 10.0 Å². The standard InChI is InChI=1S/C14H20Cl2N2O/c1-4-7-17-14(19)10(3)18-9(2)12-8-11(15)5-6-13(12)16/h5-6,8-10,18H,4,7H2,1-3H3,(H,17,19). The molecule has 0 fully saturated rings. The second kappa shape index (κ2) is 7.73. The number of carbonyl (C=O) groups is 1. The van der Waals surface area contributed by atoms with Gasteiger partial charge in [0, 0.05) is 22.6 Å². The highest BCUT2D eigenvalue weighted by Gasteiger charge is 2.17. The molecule has 2 N–H and O–H groups in total. The first-order valence-electron chi connectivity index (χ1n) is 6.44. The van der Waals surface area contributed by atoms with Crippen molar-refractivity contribution < 1.29 is 4.79 Å². The normalized spacial score (nSPS) is 13.9. The van der Waals surface area contributed by atoms with Crippen molar-refractivity contribution in [2.24, 2.45) is 0 Å². The maximum Gasteiger partial charge on any atom is 0.236 e. The lowest BCUT2D eigenvalue weighted by Crippen LogP contribution is -2.43. The van der Waals surface area contributed by atoms with Crippen LogP contribution in [0.3, 0.4) is 0 Å². The number of hydrogen-bond donors (Lipinski definition) is 2. The van der Waals surface area contributed by atoms with E-state index in [0.29, 0.717) is 16.6 Å². The first kappa shape index (κ1) is 16.3. The number of benzene rings is 1. The number of nitrogens with one attached hydrogen (secondary N) is 2. The summed E-state index contributed by atoms with van der Waals surface area (Å²) < 4.78 is 0. The zero-order valence-electron chi connectivity index (χ0n) is 11.5. The second-order valence-electron chi connectivity index (χ2n) is 4.57. The van der Waals surface area contributed by atoms with Crippen molar-refractivity contribution in [2.45, 2.75) is 39.3 Å². The molecule has 0 heterocycles. The van der Waals surface area contributed by atoms with Gasteiger partial charge in [-0.3, -0.25) is 10.1 Å². The van der Waals surface area contributed by atoms with Gasteiger partial charge in [0.05, 0.1) is 6.04 Å². The summed E-state index contributed by atoms with van der Waals surface area (Å²) in [5, 5.41) is 7.35. The molecule has 1 rings (SSSR count). The molecule has 0 saturated heterocycles. The third kappa shape index (κ3) is 5.01. The van der Waals surface area contributed by atoms with Gasteiger partial charge < -0.3 is 5.32 Å². The van der Waals surface area contributed by atoms with E-state index in [1.165, 1.54) is 0 Å². The maximum absolute atomic E-state index is 11.8. The van der Waals surface area contributed by atoms with E-state index < -0.39 is 0 Å². The van der Waals surface area contributed by atoms with Crippen molar-refractivity contribution in [3.05, 3.63) is 33.8 Å². The van der Waals surface area contributed by atoms with Gasteiger partial charge in [-0.2, -0.15) is 0 Å². The van der Waals surface area contributed by atoms with Crippen molar-refractivity contribution in [3.63, 3.8) is 0 Å². The van der Waals surface area contributed by atoms with Crippen LogP contribution in [0.5, 0.6) is 0 Å². The number of hydrogen-bond acceptors (Lipinski definition) is 2. The number of amides is 1. The molecule has 106 valence electrons. The fourth-order valence-electron chi connectivity index (χ4n) is 1.79. The molecule has 5 heteroatoms. The van der Waals surface area contributed by atoms with E-state index in [9.17, 15) is 4.79 Å². The third-order valence-electron chi connectivity index (χ3n) is 2.87. The summed E-state index contributed by atoms with van der Waals surface area (Å²) in [6, 6.07) is 5.00. The van der Waals surface area contributed by atoms with E-state index in [1.807, 2.05) is 26.8 Å². The van der Waals surface area contributed by atoms with Crippen molar-refractivity contribution in [1.82, 2.24) is 10.6 Å². The first-order chi connectivity index (χ1) is 8.95. The molecule has 0 aromatic heterocycles. The lowest BCUT2D eigenvalue weighted by molar-refractivity contribution is -0.122. The monoisotopic (exact) mass is 302 g/mol. The van der Waals surface area contributed by atoms with Gasteiger partial charge in [-0.25, -0.2) is 0 Å². The minimum Gasteiger partial charge on any atom is -0.355 e. The number of rotatable bonds is 6. The predicted molar refractivity (Wildman–Crippen MR) is 80.8 cm³/mol. The lowest BCUT2D eigenvalue weighted by atomic mass is 10.1. The van der Waals surface area contributed by atoms with Gasteiger partial charge in [-0.1, -0.05) is 30.1 Å². The topological polar surface area (TPSA) is 41.1 Å². The summed E-state index contributed by atoms with van der Waals surface area (Å²) in [6.07, 6.45) is 0.925. The highest BCUT2D eigenvalue weighted by atomic mass is 35.5. The molecule has 0 spiro atoms. The minimum absolute atomic E-state index is 0.00755. The molecule has 0 aliphatic heterocycles. The first-order valence-corrected chi connectivity index (χ1v) is 7.20. The Kier molecular flexibility index (Phi) is 6.63. The van der Waals surface area contributed by atoms with Gasteiger partial charge in [0.1, 0.15) is 0 Å². The molecule has 0 saturated carbocycles. The van der Waals surface area contributed by atoms with E-state index in [-0.39, 0.29) is 18.0 Å². The average Bonchev–Trinajstić information content (AvgIpc) is 2.38. The molecule has 0 bridgehead atoms. The summed E-state index contributed by atoms with van der Waals surface area (Å²) in [4.78, 5) is 11.8. The van der Waals surface area contributed by atoms with Gasteiger partial charge in [0.15, 0.2) is 0 Å². The molecule has 0 aliphatic carbocycles. The Hall–Kier alpha value is -0.770. The fourth-order valence-corrected chi connectivity index (χ4v) is 2.25. The van der Waals surface area contributed by atoms with Crippen LogP contribution in [-0.2, 0) is 4.79 Å². The zero-order valence-corrected chi connectivity index (χ0v) is 13.0. The van der Waals surface area contributed by atoms with Crippen molar-refractivity contribution >= 4 is 29.1 Å². The van der Waals surface area contributed by atoms with Crippen LogP contribution < -0.4 is 10.6 Å². The third-order valence-corrected chi connectivity index (χ3v) is 3.45. The molecule has 2 atom stereocenters. The SMILES string of the molecule is CCCNC(=O)C(C)NC(C)c1cc(Cl)ccc1Cl. The molecule has 19 heavy (non-hydrogen) atoms. The van der Waals surface area contributed by atoms with Crippen LogP contribution >= 0.6 is 23.2 Å². The molecule has 0 aliphatic rings. The smallest absolute Gasteiger partial charge is 0.236 e. The Morgan fingerprint density at radius 1 is 1.32 bits per heavy atom. The van der Waals surface area contributed by atoms with E-state index in [0.717, 1.165) is 12.0 Å². The van der Waals surface area contributed by atoms with Gasteiger partial charge in [-0.15, -0.1) is 0 Å². The number of halogens is 2. The number of carbonyl (C=O) groups excluding carboxylic acids is 1. The highest BCUT2D eigenvalue weighted by Crippen LogP contribution is 2.26. The van der Waals surface area contributed by atoms with Gasteiger partial charge in [0.25, 0.3) is 0 Å². The van der Waals surface area contributed by atoms with Gasteiger partial charge in [0.2, 0.25) is 5.91 Å². The van der Waals surface area contributed by atoms with E-state index in [4.69, 9.17) is 23.2 Å². The van der Waals surface area contributed by atoms with E-state index in [1.54, 1.807) is 12.1 Å². The Balaban J connectivity index is 2.65. The molecule has 3 nitrogen and oxygen atoms in total. The molecule has 1 aromatic carbocycles. The summed E-state index contributed by atoms with van der Waals surface area (Å²) >= 11 is 12.1. The van der Waals surface area contributed by atoms with Crippen LogP contribution in [-0.4, -0.2) is 18.5 Å². The summed E-state index contributed by atoms with van der Waals surface area (Å²) in [5.41, 5.74) is 0.893. The Morgan fingerprint density at radius 2 is 2.00 bits per heavy atom. The second-order valence-corrected chi connectivity index (χ2v) is 5.41. The molecule has 1 amide bonds. The molecule has 1 aromatic rings.